The van der Waals surface area contributed by atoms with Crippen molar-refractivity contribution in [1.29, 1.82) is 0 Å². The summed E-state index contributed by atoms with van der Waals surface area (Å²) >= 11 is 5.78. The number of rotatable bonds is 3. The second-order valence-electron chi connectivity index (χ2n) is 4.26. The van der Waals surface area contributed by atoms with Crippen molar-refractivity contribution in [2.75, 3.05) is 13.2 Å². The normalized spacial score (nSPS) is 25.1. The van der Waals surface area contributed by atoms with Gasteiger partial charge < -0.3 is 4.74 Å². The fourth-order valence-electron chi connectivity index (χ4n) is 1.70. The zero-order valence-electron chi connectivity index (χ0n) is 9.31. The summed E-state index contributed by atoms with van der Waals surface area (Å²) < 4.78 is 32.1. The van der Waals surface area contributed by atoms with Gasteiger partial charge in [-0.15, -0.1) is 0 Å². The van der Waals surface area contributed by atoms with Crippen LogP contribution in [0, 0.1) is 0 Å². The summed E-state index contributed by atoms with van der Waals surface area (Å²) in [4.78, 5) is 3.75. The van der Waals surface area contributed by atoms with Crippen molar-refractivity contribution in [2.45, 2.75) is 23.8 Å². The summed E-state index contributed by atoms with van der Waals surface area (Å²) in [5, 5.41) is -0.0254. The van der Waals surface area contributed by atoms with E-state index >= 15 is 0 Å². The number of hydrogen-bond acceptors (Lipinski definition) is 4. The van der Waals surface area contributed by atoms with Crippen LogP contribution in [0.3, 0.4) is 0 Å². The fraction of sp³-hybridized carbons (Fsp3) is 0.500. The zero-order valence-corrected chi connectivity index (χ0v) is 10.9. The number of ether oxygens (including phenoxy) is 1. The first-order valence-electron chi connectivity index (χ1n) is 5.15. The topological polar surface area (TPSA) is 68.3 Å². The van der Waals surface area contributed by atoms with Crippen LogP contribution >= 0.6 is 11.6 Å². The maximum atomic E-state index is 12.1. The summed E-state index contributed by atoms with van der Waals surface area (Å²) in [6, 6.07) is 2.96. The monoisotopic (exact) mass is 276 g/mol. The molecule has 0 spiro atoms. The van der Waals surface area contributed by atoms with Crippen molar-refractivity contribution in [1.82, 2.24) is 9.71 Å². The van der Waals surface area contributed by atoms with E-state index in [-0.39, 0.29) is 10.0 Å². The Morgan fingerprint density at radius 2 is 2.35 bits per heavy atom. The minimum absolute atomic E-state index is 0.00482. The summed E-state index contributed by atoms with van der Waals surface area (Å²) in [7, 11) is -3.66. The van der Waals surface area contributed by atoms with Crippen molar-refractivity contribution in [2.24, 2.45) is 0 Å². The van der Waals surface area contributed by atoms with Crippen LogP contribution in [0.5, 0.6) is 0 Å². The highest BCUT2D eigenvalue weighted by molar-refractivity contribution is 7.89. The molecule has 94 valence electrons. The van der Waals surface area contributed by atoms with E-state index in [4.69, 9.17) is 16.3 Å². The van der Waals surface area contributed by atoms with Gasteiger partial charge in [0.15, 0.2) is 0 Å². The van der Waals surface area contributed by atoms with E-state index in [1.54, 1.807) is 0 Å². The van der Waals surface area contributed by atoms with Gasteiger partial charge in [-0.25, -0.2) is 18.1 Å². The highest BCUT2D eigenvalue weighted by atomic mass is 35.5. The molecule has 17 heavy (non-hydrogen) atoms. The lowest BCUT2D eigenvalue weighted by molar-refractivity contribution is 0.178. The molecule has 1 aromatic rings. The molecule has 0 radical (unpaired) electrons. The molecule has 0 saturated carbocycles. The summed E-state index contributed by atoms with van der Waals surface area (Å²) in [6.07, 6.45) is 2.09. The molecule has 0 aromatic carbocycles. The average molecular weight is 277 g/mol. The van der Waals surface area contributed by atoms with E-state index in [0.29, 0.717) is 19.6 Å². The van der Waals surface area contributed by atoms with Crippen molar-refractivity contribution in [3.63, 3.8) is 0 Å². The molecule has 1 N–H and O–H groups in total. The molecule has 0 bridgehead atoms. The van der Waals surface area contributed by atoms with Crippen molar-refractivity contribution < 1.29 is 13.2 Å². The van der Waals surface area contributed by atoms with Gasteiger partial charge in [-0.05, 0) is 25.5 Å². The van der Waals surface area contributed by atoms with Gasteiger partial charge in [0, 0.05) is 12.8 Å². The standard InChI is InChI=1S/C10H13ClN2O3S/c1-10(4-6-16-7-10)13-17(14,15)8-3-2-5-12-9(8)11/h2-3,5,13H,4,6-7H2,1H3. The van der Waals surface area contributed by atoms with Gasteiger partial charge in [0.2, 0.25) is 10.0 Å². The molecule has 1 unspecified atom stereocenters. The van der Waals surface area contributed by atoms with E-state index < -0.39 is 15.6 Å². The molecule has 1 aliphatic rings. The summed E-state index contributed by atoms with van der Waals surface area (Å²) in [5.74, 6) is 0. The van der Waals surface area contributed by atoms with Crippen LogP contribution in [0.1, 0.15) is 13.3 Å². The zero-order chi connectivity index (χ0) is 12.5. The predicted octanol–water partition coefficient (Wildman–Crippen LogP) is 1.19. The molecule has 7 heteroatoms. The molecule has 1 saturated heterocycles. The van der Waals surface area contributed by atoms with E-state index in [2.05, 4.69) is 9.71 Å². The highest BCUT2D eigenvalue weighted by Gasteiger charge is 2.35. The number of nitrogens with one attached hydrogen (secondary N) is 1. The Hall–Kier alpha value is -0.690. The quantitative estimate of drug-likeness (QED) is 0.842. The van der Waals surface area contributed by atoms with Gasteiger partial charge in [0.25, 0.3) is 0 Å². The van der Waals surface area contributed by atoms with Crippen LogP contribution in [0.25, 0.3) is 0 Å². The van der Waals surface area contributed by atoms with Crippen LogP contribution in [0.4, 0.5) is 0 Å². The number of pyridine rings is 1. The SMILES string of the molecule is CC1(NS(=O)(=O)c2cccnc2Cl)CCOC1. The number of sulfonamides is 1. The van der Waals surface area contributed by atoms with Gasteiger partial charge in [-0.1, -0.05) is 11.6 Å². The van der Waals surface area contributed by atoms with Crippen LogP contribution in [-0.2, 0) is 14.8 Å². The minimum atomic E-state index is -3.66. The van der Waals surface area contributed by atoms with Gasteiger partial charge in [0.05, 0.1) is 12.1 Å². The van der Waals surface area contributed by atoms with E-state index in [1.165, 1.54) is 18.3 Å². The molecule has 2 rings (SSSR count). The summed E-state index contributed by atoms with van der Waals surface area (Å²) in [6.45, 7) is 2.73. The predicted molar refractivity (Wildman–Crippen MR) is 63.4 cm³/mol. The third-order valence-corrected chi connectivity index (χ3v) is 4.70. The molecule has 1 atom stereocenters. The lowest BCUT2D eigenvalue weighted by Crippen LogP contribution is -2.46. The first-order valence-corrected chi connectivity index (χ1v) is 7.01. The lowest BCUT2D eigenvalue weighted by Gasteiger charge is -2.23. The molecule has 0 amide bonds. The third kappa shape index (κ3) is 2.77. The minimum Gasteiger partial charge on any atom is -0.379 e. The van der Waals surface area contributed by atoms with Crippen LogP contribution < -0.4 is 4.72 Å². The first-order chi connectivity index (χ1) is 7.93. The first kappa shape index (κ1) is 12.8. The number of hydrogen-bond donors (Lipinski definition) is 1. The Bertz CT molecular complexity index is 512. The molecule has 1 fully saturated rings. The average Bonchev–Trinajstić information content (AvgIpc) is 2.64. The molecule has 2 heterocycles. The third-order valence-electron chi connectivity index (χ3n) is 2.61. The Labute approximate surface area is 105 Å². The Balaban J connectivity index is 2.28. The van der Waals surface area contributed by atoms with Crippen LogP contribution in [0.2, 0.25) is 5.15 Å². The summed E-state index contributed by atoms with van der Waals surface area (Å²) in [5.41, 5.74) is -0.571. The molecule has 1 aromatic heterocycles. The van der Waals surface area contributed by atoms with Gasteiger partial charge in [-0.3, -0.25) is 0 Å². The fourth-order valence-corrected chi connectivity index (χ4v) is 3.57. The smallest absolute Gasteiger partial charge is 0.244 e. The van der Waals surface area contributed by atoms with Crippen LogP contribution in [0.15, 0.2) is 23.2 Å². The largest absolute Gasteiger partial charge is 0.379 e. The Kier molecular flexibility index (Phi) is 3.40. The number of nitrogens with zero attached hydrogens (tertiary/aromatic N) is 1. The maximum absolute atomic E-state index is 12.1. The Morgan fingerprint density at radius 1 is 1.59 bits per heavy atom. The van der Waals surface area contributed by atoms with E-state index in [1.807, 2.05) is 6.92 Å². The van der Waals surface area contributed by atoms with Crippen molar-refractivity contribution in [3.8, 4) is 0 Å². The molecular formula is C10H13ClN2O3S. The van der Waals surface area contributed by atoms with Crippen molar-refractivity contribution >= 4 is 21.6 Å². The molecule has 5 nitrogen and oxygen atoms in total. The molecule has 0 aliphatic carbocycles. The maximum Gasteiger partial charge on any atom is 0.244 e. The number of halogens is 1. The second kappa shape index (κ2) is 4.53. The number of aromatic nitrogens is 1. The van der Waals surface area contributed by atoms with Crippen molar-refractivity contribution in [3.05, 3.63) is 23.5 Å². The van der Waals surface area contributed by atoms with E-state index in [9.17, 15) is 8.42 Å². The second-order valence-corrected chi connectivity index (χ2v) is 6.27. The van der Waals surface area contributed by atoms with Gasteiger partial charge in [-0.2, -0.15) is 0 Å². The highest BCUT2D eigenvalue weighted by Crippen LogP contribution is 2.23. The molecular weight excluding hydrogens is 264 g/mol. The molecule has 1 aliphatic heterocycles. The Morgan fingerprint density at radius 3 is 2.94 bits per heavy atom. The van der Waals surface area contributed by atoms with E-state index in [0.717, 1.165) is 0 Å². The lowest BCUT2D eigenvalue weighted by atomic mass is 10.0. The van der Waals surface area contributed by atoms with Gasteiger partial charge >= 0.3 is 0 Å². The van der Waals surface area contributed by atoms with Crippen LogP contribution in [-0.4, -0.2) is 32.2 Å². The van der Waals surface area contributed by atoms with Gasteiger partial charge in [0.1, 0.15) is 10.0 Å².